The number of rotatable bonds is 2. The van der Waals surface area contributed by atoms with Gasteiger partial charge < -0.3 is 9.51 Å². The van der Waals surface area contributed by atoms with Crippen LogP contribution in [0.4, 0.5) is 0 Å². The number of aromatic nitrogens is 5. The Morgan fingerprint density at radius 2 is 2.22 bits per heavy atom. The monoisotopic (exact) mass is 238 g/mol. The lowest BCUT2D eigenvalue weighted by atomic mass is 10.3. The number of pyridine rings is 1. The quantitative estimate of drug-likeness (QED) is 0.723. The zero-order chi connectivity index (χ0) is 12.4. The lowest BCUT2D eigenvalue weighted by Gasteiger charge is -1.91. The van der Waals surface area contributed by atoms with Crippen LogP contribution in [0.15, 0.2) is 35.2 Å². The van der Waals surface area contributed by atoms with E-state index in [-0.39, 0.29) is 5.89 Å². The summed E-state index contributed by atoms with van der Waals surface area (Å²) in [6.45, 7) is 0. The maximum Gasteiger partial charge on any atom is 0.276 e. The van der Waals surface area contributed by atoms with Gasteiger partial charge in [-0.15, -0.1) is 0 Å². The first-order valence-electron chi connectivity index (χ1n) is 5.07. The second-order valence-electron chi connectivity index (χ2n) is 3.40. The standard InChI is InChI=1S/C11H6N6O/c12-5-7-1-2-8(15-6-7)11-16-10(17-18-11)9-13-3-4-14-9/h1-4,6H,(H,13,14). The molecule has 0 aliphatic carbocycles. The van der Waals surface area contributed by atoms with Crippen LogP contribution in [0.2, 0.25) is 0 Å². The van der Waals surface area contributed by atoms with Gasteiger partial charge in [-0.1, -0.05) is 5.16 Å². The fourth-order valence-corrected chi connectivity index (χ4v) is 1.40. The minimum Gasteiger partial charge on any atom is -0.342 e. The molecule has 0 aliphatic heterocycles. The van der Waals surface area contributed by atoms with E-state index in [9.17, 15) is 0 Å². The number of nitriles is 1. The molecule has 0 aromatic carbocycles. The van der Waals surface area contributed by atoms with Crippen molar-refractivity contribution in [3.8, 4) is 29.3 Å². The highest BCUT2D eigenvalue weighted by molar-refractivity contribution is 5.52. The molecule has 0 bridgehead atoms. The minimum atomic E-state index is 0.283. The Kier molecular flexibility index (Phi) is 2.32. The molecule has 7 heteroatoms. The molecular weight excluding hydrogens is 232 g/mol. The largest absolute Gasteiger partial charge is 0.342 e. The predicted octanol–water partition coefficient (Wildman–Crippen LogP) is 1.39. The third kappa shape index (κ3) is 1.72. The van der Waals surface area contributed by atoms with Gasteiger partial charge in [0.1, 0.15) is 11.8 Å². The fraction of sp³-hybridized carbons (Fsp3) is 0. The van der Waals surface area contributed by atoms with Crippen LogP contribution in [0, 0.1) is 11.3 Å². The van der Waals surface area contributed by atoms with Gasteiger partial charge in [0.15, 0.2) is 5.82 Å². The Labute approximate surface area is 101 Å². The van der Waals surface area contributed by atoms with Crippen LogP contribution in [0.25, 0.3) is 23.2 Å². The van der Waals surface area contributed by atoms with E-state index in [2.05, 4.69) is 25.1 Å². The number of nitrogens with one attached hydrogen (secondary N) is 1. The van der Waals surface area contributed by atoms with E-state index in [1.807, 2.05) is 6.07 Å². The van der Waals surface area contributed by atoms with Gasteiger partial charge >= 0.3 is 0 Å². The highest BCUT2D eigenvalue weighted by atomic mass is 16.5. The minimum absolute atomic E-state index is 0.283. The van der Waals surface area contributed by atoms with Crippen LogP contribution in [0.3, 0.4) is 0 Å². The summed E-state index contributed by atoms with van der Waals surface area (Å²) in [7, 11) is 0. The zero-order valence-electron chi connectivity index (χ0n) is 9.03. The molecule has 0 spiro atoms. The van der Waals surface area contributed by atoms with Gasteiger partial charge in [-0.25, -0.2) is 9.97 Å². The highest BCUT2D eigenvalue weighted by Crippen LogP contribution is 2.18. The first-order valence-corrected chi connectivity index (χ1v) is 5.07. The fourth-order valence-electron chi connectivity index (χ4n) is 1.40. The first kappa shape index (κ1) is 10.2. The first-order chi connectivity index (χ1) is 8.86. The van der Waals surface area contributed by atoms with Crippen LogP contribution in [-0.4, -0.2) is 25.1 Å². The maximum absolute atomic E-state index is 8.67. The molecular formula is C11H6N6O. The lowest BCUT2D eigenvalue weighted by molar-refractivity contribution is 0.430. The molecule has 3 heterocycles. The van der Waals surface area contributed by atoms with Crippen molar-refractivity contribution in [2.45, 2.75) is 0 Å². The van der Waals surface area contributed by atoms with Gasteiger partial charge in [0, 0.05) is 18.6 Å². The SMILES string of the molecule is N#Cc1ccc(-c2nc(-c3ncc[nH]3)no2)nc1. The molecule has 1 N–H and O–H groups in total. The van der Waals surface area contributed by atoms with Crippen molar-refractivity contribution < 1.29 is 4.52 Å². The zero-order valence-corrected chi connectivity index (χ0v) is 9.03. The Hall–Kier alpha value is -3.01. The summed E-state index contributed by atoms with van der Waals surface area (Å²) in [6, 6.07) is 5.28. The second kappa shape index (κ2) is 4.10. The van der Waals surface area contributed by atoms with E-state index in [0.717, 1.165) is 0 Å². The van der Waals surface area contributed by atoms with Crippen LogP contribution >= 0.6 is 0 Å². The van der Waals surface area contributed by atoms with Gasteiger partial charge in [0.25, 0.3) is 5.89 Å². The van der Waals surface area contributed by atoms with Gasteiger partial charge in [-0.3, -0.25) is 0 Å². The predicted molar refractivity (Wildman–Crippen MR) is 59.8 cm³/mol. The summed E-state index contributed by atoms with van der Waals surface area (Å²) in [5, 5.41) is 12.5. The van der Waals surface area contributed by atoms with Crippen LogP contribution in [0.1, 0.15) is 5.56 Å². The molecule has 0 radical (unpaired) electrons. The Balaban J connectivity index is 1.95. The van der Waals surface area contributed by atoms with E-state index in [1.165, 1.54) is 6.20 Å². The van der Waals surface area contributed by atoms with E-state index in [4.69, 9.17) is 9.78 Å². The molecule has 3 aromatic heterocycles. The number of hydrogen-bond acceptors (Lipinski definition) is 6. The number of H-pyrrole nitrogens is 1. The molecule has 86 valence electrons. The van der Waals surface area contributed by atoms with Crippen LogP contribution in [-0.2, 0) is 0 Å². The second-order valence-corrected chi connectivity index (χ2v) is 3.40. The van der Waals surface area contributed by atoms with Crippen molar-refractivity contribution in [2.24, 2.45) is 0 Å². The summed E-state index contributed by atoms with van der Waals surface area (Å²) in [4.78, 5) is 15.1. The van der Waals surface area contributed by atoms with E-state index in [0.29, 0.717) is 22.9 Å². The molecule has 0 fully saturated rings. The van der Waals surface area contributed by atoms with Gasteiger partial charge in [-0.2, -0.15) is 10.2 Å². The van der Waals surface area contributed by atoms with Crippen molar-refractivity contribution in [1.29, 1.82) is 5.26 Å². The molecule has 0 atom stereocenters. The lowest BCUT2D eigenvalue weighted by Crippen LogP contribution is -1.86. The van der Waals surface area contributed by atoms with E-state index < -0.39 is 0 Å². The molecule has 0 saturated carbocycles. The Morgan fingerprint density at radius 1 is 1.28 bits per heavy atom. The van der Waals surface area contributed by atoms with Gasteiger partial charge in [-0.05, 0) is 12.1 Å². The van der Waals surface area contributed by atoms with Gasteiger partial charge in [0.2, 0.25) is 5.82 Å². The average Bonchev–Trinajstić information content (AvgIpc) is 3.09. The van der Waals surface area contributed by atoms with E-state index in [1.54, 1.807) is 24.5 Å². The summed E-state index contributed by atoms with van der Waals surface area (Å²) >= 11 is 0. The van der Waals surface area contributed by atoms with Crippen molar-refractivity contribution in [3.05, 3.63) is 36.3 Å². The summed E-state index contributed by atoms with van der Waals surface area (Å²) in [5.74, 6) is 1.17. The number of aromatic amines is 1. The molecule has 3 aromatic rings. The summed E-state index contributed by atoms with van der Waals surface area (Å²) < 4.78 is 5.08. The molecule has 0 amide bonds. The number of nitrogens with zero attached hydrogens (tertiary/aromatic N) is 5. The smallest absolute Gasteiger partial charge is 0.276 e. The summed E-state index contributed by atoms with van der Waals surface area (Å²) in [6.07, 6.45) is 4.72. The van der Waals surface area contributed by atoms with Crippen molar-refractivity contribution in [1.82, 2.24) is 25.1 Å². The molecule has 0 saturated heterocycles. The van der Waals surface area contributed by atoms with Crippen molar-refractivity contribution in [3.63, 3.8) is 0 Å². The molecule has 3 rings (SSSR count). The topological polar surface area (TPSA) is 104 Å². The molecule has 0 unspecified atom stereocenters. The van der Waals surface area contributed by atoms with E-state index >= 15 is 0 Å². The number of hydrogen-bond donors (Lipinski definition) is 1. The van der Waals surface area contributed by atoms with Gasteiger partial charge in [0.05, 0.1) is 5.56 Å². The van der Waals surface area contributed by atoms with Crippen molar-refractivity contribution >= 4 is 0 Å². The highest BCUT2D eigenvalue weighted by Gasteiger charge is 2.12. The number of imidazole rings is 1. The molecule has 18 heavy (non-hydrogen) atoms. The third-order valence-electron chi connectivity index (χ3n) is 2.25. The maximum atomic E-state index is 8.67. The average molecular weight is 238 g/mol. The molecule has 0 aliphatic rings. The normalized spacial score (nSPS) is 10.2. The Morgan fingerprint density at radius 3 is 2.89 bits per heavy atom. The summed E-state index contributed by atoms with van der Waals surface area (Å²) in [5.41, 5.74) is 0.990. The Bertz CT molecular complexity index is 692. The van der Waals surface area contributed by atoms with Crippen LogP contribution < -0.4 is 0 Å². The molecule has 7 nitrogen and oxygen atoms in total. The van der Waals surface area contributed by atoms with Crippen LogP contribution in [0.5, 0.6) is 0 Å². The third-order valence-corrected chi connectivity index (χ3v) is 2.25. The van der Waals surface area contributed by atoms with Crippen molar-refractivity contribution in [2.75, 3.05) is 0 Å².